The van der Waals surface area contributed by atoms with Crippen LogP contribution in [-0.2, 0) is 24.3 Å². The van der Waals surface area contributed by atoms with E-state index >= 15 is 0 Å². The van der Waals surface area contributed by atoms with Crippen molar-refractivity contribution in [1.82, 2.24) is 4.72 Å². The van der Waals surface area contributed by atoms with Crippen molar-refractivity contribution in [1.29, 1.82) is 0 Å². The third kappa shape index (κ3) is 4.40. The summed E-state index contributed by atoms with van der Waals surface area (Å²) in [5.41, 5.74) is -0.348. The minimum absolute atomic E-state index is 0.0249. The summed E-state index contributed by atoms with van der Waals surface area (Å²) < 4.78 is 58.2. The first-order valence-corrected chi connectivity index (χ1v) is 9.78. The van der Waals surface area contributed by atoms with Crippen LogP contribution >= 0.6 is 0 Å². The number of nitrogens with zero attached hydrogens (tertiary/aromatic N) is 1. The highest BCUT2D eigenvalue weighted by molar-refractivity contribution is 7.90. The molecule has 1 atom stereocenters. The fourth-order valence-electron chi connectivity index (χ4n) is 2.52. The van der Waals surface area contributed by atoms with Crippen LogP contribution in [0.5, 0.6) is 0 Å². The number of rotatable bonds is 5. The summed E-state index contributed by atoms with van der Waals surface area (Å²) in [6.07, 6.45) is -1.37. The molecule has 2 aromatic rings. The van der Waals surface area contributed by atoms with E-state index in [1.807, 2.05) is 5.32 Å². The lowest BCUT2D eigenvalue weighted by Crippen LogP contribution is -2.31. The highest BCUT2D eigenvalue weighted by Gasteiger charge is 2.30. The van der Waals surface area contributed by atoms with Gasteiger partial charge in [0.25, 0.3) is 15.9 Å². The minimum atomic E-state index is -3.75. The van der Waals surface area contributed by atoms with E-state index in [1.54, 1.807) is 12.1 Å². The van der Waals surface area contributed by atoms with Gasteiger partial charge in [-0.05, 0) is 31.2 Å². The molecule has 1 aliphatic rings. The number of amidine groups is 1. The molecule has 8 nitrogen and oxygen atoms in total. The van der Waals surface area contributed by atoms with E-state index in [2.05, 4.69) is 9.71 Å². The zero-order valence-electron chi connectivity index (χ0n) is 15.0. The van der Waals surface area contributed by atoms with Gasteiger partial charge < -0.3 is 10.1 Å². The number of benzene rings is 2. The predicted octanol–water partition coefficient (Wildman–Crippen LogP) is 1.57. The lowest BCUT2D eigenvalue weighted by Gasteiger charge is -2.13. The van der Waals surface area contributed by atoms with E-state index in [-0.39, 0.29) is 10.7 Å². The molecule has 0 saturated carbocycles. The zero-order chi connectivity index (χ0) is 21.2. The number of carbonyl (C=O) groups excluding carboxylic acids is 2. The first-order valence-electron chi connectivity index (χ1n) is 8.30. The van der Waals surface area contributed by atoms with Gasteiger partial charge in [-0.1, -0.05) is 18.2 Å². The average molecular weight is 423 g/mol. The molecule has 29 heavy (non-hydrogen) atoms. The van der Waals surface area contributed by atoms with Crippen LogP contribution in [0.3, 0.4) is 0 Å². The molecule has 0 aromatic heterocycles. The quantitative estimate of drug-likeness (QED) is 0.709. The van der Waals surface area contributed by atoms with Gasteiger partial charge in [0.05, 0.1) is 4.90 Å². The highest BCUT2D eigenvalue weighted by Crippen LogP contribution is 2.22. The van der Waals surface area contributed by atoms with Crippen molar-refractivity contribution in [2.45, 2.75) is 17.9 Å². The van der Waals surface area contributed by atoms with Gasteiger partial charge >= 0.3 is 5.97 Å². The zero-order valence-corrected chi connectivity index (χ0v) is 15.8. The molecule has 0 bridgehead atoms. The maximum absolute atomic E-state index is 13.6. The number of esters is 1. The number of amides is 1. The molecule has 1 heterocycles. The van der Waals surface area contributed by atoms with E-state index in [0.29, 0.717) is 5.56 Å². The van der Waals surface area contributed by atoms with Crippen molar-refractivity contribution in [2.75, 3.05) is 11.9 Å². The molecule has 0 fully saturated rings. The molecule has 0 aliphatic carbocycles. The number of anilines is 1. The van der Waals surface area contributed by atoms with Crippen LogP contribution in [0.15, 0.2) is 52.4 Å². The Hall–Kier alpha value is -3.34. The Morgan fingerprint density at radius 2 is 1.79 bits per heavy atom. The van der Waals surface area contributed by atoms with Crippen LogP contribution in [0, 0.1) is 11.6 Å². The van der Waals surface area contributed by atoms with Crippen molar-refractivity contribution in [3.8, 4) is 0 Å². The molecule has 0 unspecified atom stereocenters. The standard InChI is InChI=1S/C18H15F2N3O5S/c1-10(18(25)22-16-12(19)6-4-7-13(16)20)28-15(24)9-21-17-11-5-2-3-8-14(11)29(26,27)23-17/h2-8,10H,9H2,1H3,(H,21,23)(H,22,25)/t10-/m1/s1. The third-order valence-corrected chi connectivity index (χ3v) is 5.31. The number of ether oxygens (including phenoxy) is 1. The summed E-state index contributed by atoms with van der Waals surface area (Å²) in [6, 6.07) is 9.15. The first kappa shape index (κ1) is 20.4. The first-order chi connectivity index (χ1) is 13.7. The number of hydrogen-bond donors (Lipinski definition) is 2. The van der Waals surface area contributed by atoms with Gasteiger partial charge in [-0.25, -0.2) is 17.2 Å². The second-order valence-electron chi connectivity index (χ2n) is 5.98. The number of nitrogens with one attached hydrogen (secondary N) is 2. The number of sulfonamides is 1. The molecular formula is C18H15F2N3O5S. The summed E-state index contributed by atoms with van der Waals surface area (Å²) in [6.45, 7) is 0.643. The van der Waals surface area contributed by atoms with E-state index < -0.39 is 51.9 Å². The number of hydrogen-bond acceptors (Lipinski definition) is 6. The number of para-hydroxylation sites is 1. The van der Waals surface area contributed by atoms with Crippen molar-refractivity contribution < 1.29 is 31.5 Å². The highest BCUT2D eigenvalue weighted by atomic mass is 32.2. The second-order valence-corrected chi connectivity index (χ2v) is 7.64. The molecule has 0 radical (unpaired) electrons. The van der Waals surface area contributed by atoms with Crippen LogP contribution in [0.25, 0.3) is 0 Å². The van der Waals surface area contributed by atoms with Crippen LogP contribution in [0.4, 0.5) is 14.5 Å². The van der Waals surface area contributed by atoms with Gasteiger partial charge in [0, 0.05) is 5.56 Å². The summed E-state index contributed by atoms with van der Waals surface area (Å²) in [4.78, 5) is 27.9. The minimum Gasteiger partial charge on any atom is -0.451 e. The van der Waals surface area contributed by atoms with Crippen LogP contribution < -0.4 is 10.0 Å². The molecule has 1 amide bonds. The van der Waals surface area contributed by atoms with Crippen LogP contribution in [0.2, 0.25) is 0 Å². The van der Waals surface area contributed by atoms with Crippen molar-refractivity contribution >= 4 is 33.4 Å². The molecule has 2 aromatic carbocycles. The molecule has 2 N–H and O–H groups in total. The molecule has 152 valence electrons. The van der Waals surface area contributed by atoms with E-state index in [9.17, 15) is 26.8 Å². The van der Waals surface area contributed by atoms with Crippen molar-refractivity contribution in [3.05, 3.63) is 59.7 Å². The Balaban J connectivity index is 1.63. The molecule has 3 rings (SSSR count). The third-order valence-electron chi connectivity index (χ3n) is 3.92. The Morgan fingerprint density at radius 1 is 1.14 bits per heavy atom. The van der Waals surface area contributed by atoms with Gasteiger partial charge in [-0.3, -0.25) is 19.3 Å². The number of carbonyl (C=O) groups is 2. The SMILES string of the molecule is C[C@@H](OC(=O)CN=C1NS(=O)(=O)c2ccccc21)C(=O)Nc1c(F)cccc1F. The van der Waals surface area contributed by atoms with Crippen molar-refractivity contribution in [2.24, 2.45) is 4.99 Å². The summed E-state index contributed by atoms with van der Waals surface area (Å²) in [7, 11) is -3.75. The number of fused-ring (bicyclic) bond motifs is 1. The fourth-order valence-corrected chi connectivity index (χ4v) is 3.78. The summed E-state index contributed by atoms with van der Waals surface area (Å²) in [5, 5.41) is 2.01. The Labute approximate surface area is 164 Å². The second kappa shape index (κ2) is 7.95. The van der Waals surface area contributed by atoms with Gasteiger partial charge in [-0.2, -0.15) is 0 Å². The Morgan fingerprint density at radius 3 is 2.48 bits per heavy atom. The topological polar surface area (TPSA) is 114 Å². The Bertz CT molecular complexity index is 1100. The average Bonchev–Trinajstić information content (AvgIpc) is 2.94. The van der Waals surface area contributed by atoms with Crippen molar-refractivity contribution in [3.63, 3.8) is 0 Å². The molecule has 11 heteroatoms. The summed E-state index contributed by atoms with van der Waals surface area (Å²) in [5.74, 6) is -3.85. The van der Waals surface area contributed by atoms with Crippen LogP contribution in [-0.4, -0.2) is 38.8 Å². The monoisotopic (exact) mass is 423 g/mol. The van der Waals surface area contributed by atoms with Gasteiger partial charge in [0.1, 0.15) is 29.7 Å². The maximum atomic E-state index is 13.6. The number of halogens is 2. The number of aliphatic imine (C=N–C) groups is 1. The summed E-state index contributed by atoms with van der Waals surface area (Å²) >= 11 is 0. The van der Waals surface area contributed by atoms with Gasteiger partial charge in [0.15, 0.2) is 6.10 Å². The van der Waals surface area contributed by atoms with Gasteiger partial charge in [-0.15, -0.1) is 0 Å². The van der Waals surface area contributed by atoms with E-state index in [4.69, 9.17) is 4.74 Å². The molecule has 0 saturated heterocycles. The predicted molar refractivity (Wildman–Crippen MR) is 98.7 cm³/mol. The van der Waals surface area contributed by atoms with E-state index in [0.717, 1.165) is 18.2 Å². The fraction of sp³-hybridized carbons (Fsp3) is 0.167. The van der Waals surface area contributed by atoms with Crippen LogP contribution in [0.1, 0.15) is 12.5 Å². The molecule has 1 aliphatic heterocycles. The largest absolute Gasteiger partial charge is 0.451 e. The molecule has 0 spiro atoms. The molecular weight excluding hydrogens is 408 g/mol. The van der Waals surface area contributed by atoms with E-state index in [1.165, 1.54) is 19.1 Å². The normalized spacial score (nSPS) is 16.6. The van der Waals surface area contributed by atoms with Gasteiger partial charge in [0.2, 0.25) is 0 Å². The smallest absolute Gasteiger partial charge is 0.328 e. The Kier molecular flexibility index (Phi) is 5.59. The maximum Gasteiger partial charge on any atom is 0.328 e. The lowest BCUT2D eigenvalue weighted by atomic mass is 10.2. The lowest BCUT2D eigenvalue weighted by molar-refractivity contribution is -0.151.